The van der Waals surface area contributed by atoms with Crippen molar-refractivity contribution in [3.05, 3.63) is 0 Å². The molecule has 0 aromatic rings. The summed E-state index contributed by atoms with van der Waals surface area (Å²) in [4.78, 5) is 0. The molecule has 1 fully saturated rings. The van der Waals surface area contributed by atoms with Crippen molar-refractivity contribution in [2.24, 2.45) is 0 Å². The molecule has 1 aliphatic rings. The summed E-state index contributed by atoms with van der Waals surface area (Å²) < 4.78 is 117. The average Bonchev–Trinajstić information content (AvgIpc) is 2.00. The second-order valence-corrected chi connectivity index (χ2v) is 3.01. The van der Waals surface area contributed by atoms with E-state index >= 15 is 0 Å². The maximum Gasteiger partial charge on any atom is 0.385 e. The lowest BCUT2D eigenvalue weighted by atomic mass is 9.80. The number of thiol groups is 1. The maximum absolute atomic E-state index is 11.6. The highest BCUT2D eigenvalue weighted by Gasteiger charge is 3.01. The zero-order valence-corrected chi connectivity index (χ0v) is 7.63. The van der Waals surface area contributed by atoms with Gasteiger partial charge in [0, 0.05) is 0 Å². The lowest BCUT2D eigenvalue weighted by Gasteiger charge is -2.49. The lowest BCUT2D eigenvalue weighted by Crippen LogP contribution is -2.82. The van der Waals surface area contributed by atoms with Crippen LogP contribution in [0.25, 0.3) is 0 Å². The first-order valence-electron chi connectivity index (χ1n) is 3.08. The third kappa shape index (κ3) is 1.63. The van der Waals surface area contributed by atoms with Crippen LogP contribution in [0.2, 0.25) is 0 Å². The highest BCUT2D eigenvalue weighted by molar-refractivity contribution is 7.66. The van der Waals surface area contributed by atoms with Crippen molar-refractivity contribution in [3.63, 3.8) is 0 Å². The van der Waals surface area contributed by atoms with Crippen molar-refractivity contribution in [3.8, 4) is 0 Å². The van der Waals surface area contributed by atoms with E-state index in [4.69, 9.17) is 13.0 Å². The summed E-state index contributed by atoms with van der Waals surface area (Å²) in [6.07, 6.45) is 0. The molecule has 0 atom stereocenters. The Hall–Kier alpha value is -0.650. The van der Waals surface area contributed by atoms with Gasteiger partial charge in [-0.05, 0) is 0 Å². The molecule has 1 aliphatic carbocycles. The van der Waals surface area contributed by atoms with Gasteiger partial charge in [0.15, 0.2) is 0 Å². The van der Waals surface area contributed by atoms with Gasteiger partial charge in [0.25, 0.3) is 11.0 Å². The van der Waals surface area contributed by atoms with E-state index in [1.54, 1.807) is 0 Å². The summed E-state index contributed by atoms with van der Waals surface area (Å²) in [6.45, 7) is 0. The van der Waals surface area contributed by atoms with Gasteiger partial charge in [0.05, 0.1) is 0 Å². The molecule has 0 unspecified atom stereocenters. The van der Waals surface area contributed by atoms with Crippen molar-refractivity contribution < 1.29 is 48.1 Å². The quantitative estimate of drug-likeness (QED) is 0.403. The molecule has 0 heterocycles. The van der Waals surface area contributed by atoms with Crippen LogP contribution in [0.3, 0.4) is 0 Å². The van der Waals surface area contributed by atoms with Crippen LogP contribution in [0.1, 0.15) is 0 Å². The van der Waals surface area contributed by atoms with Crippen molar-refractivity contribution in [1.82, 2.24) is 0 Å². The van der Waals surface area contributed by atoms with Gasteiger partial charge < -0.3 is 0 Å². The van der Waals surface area contributed by atoms with Gasteiger partial charge in [-0.3, -0.25) is 4.55 Å². The Labute approximate surface area is 83.8 Å². The molecule has 0 aliphatic heterocycles. The predicted octanol–water partition coefficient (Wildman–Crippen LogP) is 1.61. The van der Waals surface area contributed by atoms with Crippen LogP contribution in [0.4, 0.5) is 35.1 Å². The van der Waals surface area contributed by atoms with Gasteiger partial charge >= 0.3 is 23.7 Å². The Morgan fingerprint density at radius 2 is 0.688 bits per heavy atom. The Bertz CT molecular complexity index is 275. The molecule has 0 spiro atoms. The molecular weight excluding hydrogens is 280 g/mol. The summed E-state index contributed by atoms with van der Waals surface area (Å²) in [6, 6.07) is 0. The first-order valence-corrected chi connectivity index (χ1v) is 4.21. The summed E-state index contributed by atoms with van der Waals surface area (Å²) in [5.41, 5.74) is 0. The van der Waals surface area contributed by atoms with E-state index in [2.05, 4.69) is 0 Å². The predicted molar refractivity (Wildman–Crippen MR) is 32.7 cm³/mol. The van der Waals surface area contributed by atoms with Crippen LogP contribution in [-0.4, -0.2) is 36.7 Å². The molecule has 0 radical (unpaired) electrons. The Morgan fingerprint density at radius 3 is 0.750 bits per heavy atom. The minimum atomic E-state index is -5.97. The smallest absolute Gasteiger partial charge is 0.288 e. The second-order valence-electron chi connectivity index (χ2n) is 2.54. The van der Waals surface area contributed by atoms with Crippen molar-refractivity contribution in [1.29, 1.82) is 0 Å². The fraction of sp³-hybridized carbons (Fsp3) is 1.00. The first-order chi connectivity index (χ1) is 6.73. The molecule has 0 bridgehead atoms. The molecule has 0 saturated heterocycles. The molecule has 0 aromatic carbocycles. The summed E-state index contributed by atoms with van der Waals surface area (Å²) in [5, 5.41) is 0. The zero-order valence-electron chi connectivity index (χ0n) is 6.73. The average molecular weight is 282 g/mol. The van der Waals surface area contributed by atoms with Crippen molar-refractivity contribution >= 4 is 11.0 Å². The van der Waals surface area contributed by atoms with Crippen LogP contribution in [0, 0.1) is 0 Å². The fourth-order valence-corrected chi connectivity index (χ4v) is 0.726. The molecule has 3 nitrogen and oxygen atoms in total. The Kier molecular flexibility index (Phi) is 3.53. The van der Waals surface area contributed by atoms with Crippen LogP contribution in [0.15, 0.2) is 0 Å². The third-order valence-corrected chi connectivity index (χ3v) is 1.58. The van der Waals surface area contributed by atoms with E-state index in [-0.39, 0.29) is 0 Å². The molecule has 1 N–H and O–H groups in total. The van der Waals surface area contributed by atoms with E-state index in [0.717, 1.165) is 0 Å². The minimum Gasteiger partial charge on any atom is -0.288 e. The van der Waals surface area contributed by atoms with Gasteiger partial charge in [0.1, 0.15) is 0 Å². The Balaban J connectivity index is 0.000000487. The number of halogens is 8. The first kappa shape index (κ1) is 15.3. The van der Waals surface area contributed by atoms with E-state index in [1.165, 1.54) is 0 Å². The topological polar surface area (TPSA) is 54.4 Å². The van der Waals surface area contributed by atoms with E-state index < -0.39 is 34.7 Å². The highest BCUT2D eigenvalue weighted by Crippen LogP contribution is 2.69. The van der Waals surface area contributed by atoms with Crippen molar-refractivity contribution in [2.45, 2.75) is 23.7 Å². The van der Waals surface area contributed by atoms with E-state index in [1.807, 2.05) is 0 Å². The number of hydrogen-bond donors (Lipinski definition) is 2. The van der Waals surface area contributed by atoms with Gasteiger partial charge in [-0.1, -0.05) is 0 Å². The third-order valence-electron chi connectivity index (χ3n) is 1.58. The van der Waals surface area contributed by atoms with Gasteiger partial charge in [-0.2, -0.15) is 35.1 Å². The number of hydrogen-bond acceptors (Lipinski definition) is 2. The molecule has 0 amide bonds. The molecule has 1 saturated carbocycles. The maximum atomic E-state index is 11.6. The summed E-state index contributed by atoms with van der Waals surface area (Å²) >= 11 is 0. The van der Waals surface area contributed by atoms with Gasteiger partial charge in [-0.25, -0.2) is 8.42 Å². The summed E-state index contributed by atoms with van der Waals surface area (Å²) in [5.74, 6) is -23.9. The van der Waals surface area contributed by atoms with E-state index in [0.29, 0.717) is 0 Å². The minimum absolute atomic E-state index is 3.12. The molecule has 0 aromatic heterocycles. The van der Waals surface area contributed by atoms with Crippen molar-refractivity contribution in [2.75, 3.05) is 0 Å². The SMILES string of the molecule is FC1(F)C(F)(F)C(F)(F)C1(F)F.O=[SH](=O)O. The summed E-state index contributed by atoms with van der Waals surface area (Å²) in [7, 11) is -3.12. The lowest BCUT2D eigenvalue weighted by molar-refractivity contribution is -0.506. The van der Waals surface area contributed by atoms with Gasteiger partial charge in [-0.15, -0.1) is 0 Å². The standard InChI is InChI=1S/C4F8.H2O3S/c5-1(6)2(7,8)4(11,12)3(1,9)10;1-4(2)3/h;4H,(H,1,2,3). The molecule has 1 rings (SSSR count). The van der Waals surface area contributed by atoms with E-state index in [9.17, 15) is 35.1 Å². The molecular formula is C4H2F8O3S. The monoisotopic (exact) mass is 282 g/mol. The number of alkyl halides is 8. The van der Waals surface area contributed by atoms with Gasteiger partial charge in [0.2, 0.25) is 0 Å². The van der Waals surface area contributed by atoms with Crippen LogP contribution in [0.5, 0.6) is 0 Å². The molecule has 98 valence electrons. The largest absolute Gasteiger partial charge is 0.385 e. The number of rotatable bonds is 0. The van der Waals surface area contributed by atoms with Crippen LogP contribution in [-0.2, 0) is 11.0 Å². The van der Waals surface area contributed by atoms with Crippen LogP contribution < -0.4 is 0 Å². The normalized spacial score (nSPS) is 27.6. The molecule has 16 heavy (non-hydrogen) atoms. The second kappa shape index (κ2) is 3.68. The zero-order chi connectivity index (χ0) is 13.6. The highest BCUT2D eigenvalue weighted by atomic mass is 32.2. The van der Waals surface area contributed by atoms with Crippen LogP contribution >= 0.6 is 0 Å². The Morgan fingerprint density at radius 1 is 0.625 bits per heavy atom. The molecule has 12 heteroatoms. The fourth-order valence-electron chi connectivity index (χ4n) is 0.726.